The predicted molar refractivity (Wildman–Crippen MR) is 104 cm³/mol. The molecule has 6 nitrogen and oxygen atoms in total. The van der Waals surface area contributed by atoms with E-state index < -0.39 is 0 Å². The topological polar surface area (TPSA) is 77.1 Å². The van der Waals surface area contributed by atoms with Crippen molar-refractivity contribution in [3.63, 3.8) is 0 Å². The number of furan rings is 1. The summed E-state index contributed by atoms with van der Waals surface area (Å²) in [7, 11) is 0. The second-order valence-corrected chi connectivity index (χ2v) is 6.73. The quantitative estimate of drug-likeness (QED) is 0.585. The number of carbonyl (C=O) groups excluding carboxylic acids is 1. The van der Waals surface area contributed by atoms with E-state index in [0.717, 1.165) is 10.9 Å². The number of para-hydroxylation sites is 1. The van der Waals surface area contributed by atoms with Gasteiger partial charge in [-0.1, -0.05) is 35.9 Å². The number of amides is 1. The zero-order valence-electron chi connectivity index (χ0n) is 14.5. The summed E-state index contributed by atoms with van der Waals surface area (Å²) in [6.45, 7) is 1.72. The molecule has 0 fully saturated rings. The molecule has 1 atom stereocenters. The molecule has 0 spiro atoms. The lowest BCUT2D eigenvalue weighted by atomic mass is 10.1. The van der Waals surface area contributed by atoms with Crippen molar-refractivity contribution >= 4 is 39.6 Å². The first-order chi connectivity index (χ1) is 13.0. The highest BCUT2D eigenvalue weighted by molar-refractivity contribution is 6.30. The average Bonchev–Trinajstić information content (AvgIpc) is 3.04. The predicted octanol–water partition coefficient (Wildman–Crippen LogP) is 3.67. The molecule has 1 amide bonds. The Bertz CT molecular complexity index is 1190. The Labute approximate surface area is 159 Å². The van der Waals surface area contributed by atoms with Crippen LogP contribution in [0.2, 0.25) is 5.02 Å². The lowest BCUT2D eigenvalue weighted by molar-refractivity contribution is -0.122. The van der Waals surface area contributed by atoms with Gasteiger partial charge in [-0.15, -0.1) is 0 Å². The van der Waals surface area contributed by atoms with Crippen molar-refractivity contribution in [2.24, 2.45) is 0 Å². The number of rotatable bonds is 4. The van der Waals surface area contributed by atoms with Crippen molar-refractivity contribution in [1.29, 1.82) is 0 Å². The Kier molecular flexibility index (Phi) is 4.41. The summed E-state index contributed by atoms with van der Waals surface area (Å²) in [4.78, 5) is 29.3. The molecular formula is C20H16ClN3O3. The first kappa shape index (κ1) is 17.3. The van der Waals surface area contributed by atoms with Crippen LogP contribution in [0.15, 0.2) is 64.1 Å². The highest BCUT2D eigenvalue weighted by Gasteiger charge is 2.15. The fourth-order valence-corrected chi connectivity index (χ4v) is 3.13. The largest absolute Gasteiger partial charge is 0.448 e. The fraction of sp³-hybridized carbons (Fsp3) is 0.150. The van der Waals surface area contributed by atoms with Gasteiger partial charge in [-0.25, -0.2) is 4.98 Å². The summed E-state index contributed by atoms with van der Waals surface area (Å²) in [5.41, 5.74) is 1.78. The van der Waals surface area contributed by atoms with Gasteiger partial charge in [0, 0.05) is 10.4 Å². The number of hydrogen-bond acceptors (Lipinski definition) is 4. The second kappa shape index (κ2) is 6.89. The van der Waals surface area contributed by atoms with E-state index in [1.165, 1.54) is 10.9 Å². The standard InChI is InChI=1S/C20H16ClN3O3/c1-12(13-6-8-14(21)9-7-13)23-17(25)10-24-11-22-18-15-4-2-3-5-16(15)27-19(18)20(24)26/h2-9,11-12H,10H2,1H3,(H,23,25)/t12-/m1/s1. The van der Waals surface area contributed by atoms with Crippen LogP contribution in [0.1, 0.15) is 18.5 Å². The molecular weight excluding hydrogens is 366 g/mol. The molecule has 0 unspecified atom stereocenters. The van der Waals surface area contributed by atoms with Crippen molar-refractivity contribution in [2.75, 3.05) is 0 Å². The van der Waals surface area contributed by atoms with Crippen LogP contribution in [-0.2, 0) is 11.3 Å². The number of carbonyl (C=O) groups is 1. The minimum atomic E-state index is -0.384. The fourth-order valence-electron chi connectivity index (χ4n) is 3.00. The highest BCUT2D eigenvalue weighted by Crippen LogP contribution is 2.24. The summed E-state index contributed by atoms with van der Waals surface area (Å²) in [6, 6.07) is 14.3. The van der Waals surface area contributed by atoms with E-state index in [9.17, 15) is 9.59 Å². The number of halogens is 1. The van der Waals surface area contributed by atoms with Crippen LogP contribution in [0.25, 0.3) is 22.1 Å². The molecule has 0 aliphatic rings. The molecule has 7 heteroatoms. The number of hydrogen-bond donors (Lipinski definition) is 1. The highest BCUT2D eigenvalue weighted by atomic mass is 35.5. The summed E-state index contributed by atoms with van der Waals surface area (Å²) in [5.74, 6) is -0.295. The van der Waals surface area contributed by atoms with Gasteiger partial charge in [-0.3, -0.25) is 14.2 Å². The lowest BCUT2D eigenvalue weighted by Crippen LogP contribution is -2.33. The van der Waals surface area contributed by atoms with E-state index >= 15 is 0 Å². The maximum absolute atomic E-state index is 12.7. The van der Waals surface area contributed by atoms with Crippen molar-refractivity contribution < 1.29 is 9.21 Å². The van der Waals surface area contributed by atoms with Crippen LogP contribution in [0, 0.1) is 0 Å². The van der Waals surface area contributed by atoms with Crippen LogP contribution in [0.3, 0.4) is 0 Å². The van der Waals surface area contributed by atoms with Crippen LogP contribution >= 0.6 is 11.6 Å². The number of nitrogens with one attached hydrogen (secondary N) is 1. The van der Waals surface area contributed by atoms with Crippen molar-refractivity contribution in [3.8, 4) is 0 Å². The molecule has 2 heterocycles. The second-order valence-electron chi connectivity index (χ2n) is 6.29. The molecule has 136 valence electrons. The molecule has 0 aliphatic heterocycles. The third-order valence-electron chi connectivity index (χ3n) is 4.41. The lowest BCUT2D eigenvalue weighted by Gasteiger charge is -2.15. The molecule has 4 rings (SSSR count). The Balaban J connectivity index is 1.56. The monoisotopic (exact) mass is 381 g/mol. The van der Waals surface area contributed by atoms with Crippen LogP contribution < -0.4 is 10.9 Å². The molecule has 0 aliphatic carbocycles. The van der Waals surface area contributed by atoms with Crippen molar-refractivity contribution in [2.45, 2.75) is 19.5 Å². The summed E-state index contributed by atoms with van der Waals surface area (Å²) in [6.07, 6.45) is 1.37. The van der Waals surface area contributed by atoms with Gasteiger partial charge in [0.2, 0.25) is 11.5 Å². The van der Waals surface area contributed by atoms with Gasteiger partial charge in [0.05, 0.1) is 12.4 Å². The van der Waals surface area contributed by atoms with Crippen LogP contribution in [0.4, 0.5) is 0 Å². The maximum Gasteiger partial charge on any atom is 0.297 e. The molecule has 2 aromatic heterocycles. The molecule has 2 aromatic carbocycles. The Hall–Kier alpha value is -3.12. The van der Waals surface area contributed by atoms with E-state index in [1.807, 2.05) is 37.3 Å². The van der Waals surface area contributed by atoms with E-state index in [0.29, 0.717) is 16.1 Å². The summed E-state index contributed by atoms with van der Waals surface area (Å²) >= 11 is 5.88. The molecule has 0 saturated heterocycles. The number of benzene rings is 2. The third-order valence-corrected chi connectivity index (χ3v) is 4.66. The van der Waals surface area contributed by atoms with Gasteiger partial charge in [-0.05, 0) is 36.8 Å². The Morgan fingerprint density at radius 3 is 2.74 bits per heavy atom. The SMILES string of the molecule is C[C@@H](NC(=O)Cn1cnc2c(oc3ccccc32)c1=O)c1ccc(Cl)cc1. The van der Waals surface area contributed by atoms with Gasteiger partial charge >= 0.3 is 0 Å². The Morgan fingerprint density at radius 2 is 1.96 bits per heavy atom. The molecule has 0 radical (unpaired) electrons. The van der Waals surface area contributed by atoms with Gasteiger partial charge < -0.3 is 9.73 Å². The summed E-state index contributed by atoms with van der Waals surface area (Å²) in [5, 5.41) is 4.27. The minimum Gasteiger partial charge on any atom is -0.448 e. The van der Waals surface area contributed by atoms with Crippen LogP contribution in [0.5, 0.6) is 0 Å². The minimum absolute atomic E-state index is 0.142. The molecule has 0 saturated carbocycles. The molecule has 0 bridgehead atoms. The first-order valence-electron chi connectivity index (χ1n) is 8.44. The van der Waals surface area contributed by atoms with E-state index in [-0.39, 0.29) is 29.6 Å². The van der Waals surface area contributed by atoms with Gasteiger partial charge in [0.1, 0.15) is 17.6 Å². The van der Waals surface area contributed by atoms with Crippen molar-refractivity contribution in [3.05, 3.63) is 75.8 Å². The molecule has 1 N–H and O–H groups in total. The maximum atomic E-state index is 12.7. The smallest absolute Gasteiger partial charge is 0.297 e. The van der Waals surface area contributed by atoms with E-state index in [1.54, 1.807) is 18.2 Å². The number of nitrogens with zero attached hydrogens (tertiary/aromatic N) is 2. The van der Waals surface area contributed by atoms with Crippen LogP contribution in [-0.4, -0.2) is 15.5 Å². The third kappa shape index (κ3) is 3.31. The first-order valence-corrected chi connectivity index (χ1v) is 8.82. The van der Waals surface area contributed by atoms with Crippen molar-refractivity contribution in [1.82, 2.24) is 14.9 Å². The number of aromatic nitrogens is 2. The van der Waals surface area contributed by atoms with Gasteiger partial charge in [0.25, 0.3) is 5.56 Å². The zero-order chi connectivity index (χ0) is 19.0. The average molecular weight is 382 g/mol. The Morgan fingerprint density at radius 1 is 1.22 bits per heavy atom. The van der Waals surface area contributed by atoms with Gasteiger partial charge in [0.15, 0.2) is 0 Å². The van der Waals surface area contributed by atoms with E-state index in [2.05, 4.69) is 10.3 Å². The van der Waals surface area contributed by atoms with Gasteiger partial charge in [-0.2, -0.15) is 0 Å². The van der Waals surface area contributed by atoms with E-state index in [4.69, 9.17) is 16.0 Å². The normalized spacial score (nSPS) is 12.4. The summed E-state index contributed by atoms with van der Waals surface area (Å²) < 4.78 is 6.87. The molecule has 27 heavy (non-hydrogen) atoms. The number of fused-ring (bicyclic) bond motifs is 3. The molecule has 4 aromatic rings. The zero-order valence-corrected chi connectivity index (χ0v) is 15.2.